The highest BCUT2D eigenvalue weighted by Gasteiger charge is 2.20. The quantitative estimate of drug-likeness (QED) is 0.179. The predicted octanol–water partition coefficient (Wildman–Crippen LogP) is 11.9. The fourth-order valence-electron chi connectivity index (χ4n) is 7.55. The van der Waals surface area contributed by atoms with Crippen LogP contribution in [0.15, 0.2) is 176 Å². The molecule has 0 saturated heterocycles. The number of aromatic nitrogens is 2. The molecule has 0 aliphatic heterocycles. The van der Waals surface area contributed by atoms with Gasteiger partial charge in [-0.15, -0.1) is 0 Å². The number of hydrogen-bond donors (Lipinski definition) is 0. The maximum atomic E-state index is 2.44. The van der Waals surface area contributed by atoms with Gasteiger partial charge < -0.3 is 14.0 Å². The van der Waals surface area contributed by atoms with Gasteiger partial charge in [0.25, 0.3) is 0 Å². The summed E-state index contributed by atoms with van der Waals surface area (Å²) in [4.78, 5) is 2.34. The second-order valence-corrected chi connectivity index (χ2v) is 12.3. The van der Waals surface area contributed by atoms with E-state index in [1.54, 1.807) is 0 Å². The topological polar surface area (TPSA) is 13.1 Å². The van der Waals surface area contributed by atoms with Crippen LogP contribution in [0.3, 0.4) is 0 Å². The van der Waals surface area contributed by atoms with Crippen LogP contribution < -0.4 is 4.90 Å². The third kappa shape index (κ3) is 3.93. The first-order valence-corrected chi connectivity index (χ1v) is 16.1. The molecule has 10 aromatic rings. The number of benzene rings is 8. The van der Waals surface area contributed by atoms with Gasteiger partial charge in [-0.3, -0.25) is 0 Å². The molecule has 0 N–H and O–H groups in total. The average Bonchev–Trinajstić information content (AvgIpc) is 3.72. The van der Waals surface area contributed by atoms with Crippen molar-refractivity contribution in [3.63, 3.8) is 0 Å². The van der Waals surface area contributed by atoms with Crippen LogP contribution in [0.4, 0.5) is 17.1 Å². The molecule has 0 amide bonds. The third-order valence-electron chi connectivity index (χ3n) is 9.66. The molecule has 3 heteroatoms. The van der Waals surface area contributed by atoms with Gasteiger partial charge in [-0.25, -0.2) is 0 Å². The van der Waals surface area contributed by atoms with Crippen molar-refractivity contribution < 1.29 is 0 Å². The molecule has 220 valence electrons. The highest BCUT2D eigenvalue weighted by molar-refractivity contribution is 6.29. The highest BCUT2D eigenvalue weighted by atomic mass is 15.1. The largest absolute Gasteiger partial charge is 0.316 e. The van der Waals surface area contributed by atoms with E-state index in [0.29, 0.717) is 0 Å². The zero-order valence-corrected chi connectivity index (χ0v) is 25.6. The predicted molar refractivity (Wildman–Crippen MR) is 198 cm³/mol. The first-order chi connectivity index (χ1) is 23.3. The van der Waals surface area contributed by atoms with Gasteiger partial charge in [-0.1, -0.05) is 91.0 Å². The van der Waals surface area contributed by atoms with E-state index in [1.165, 1.54) is 54.3 Å². The molecule has 0 aliphatic rings. The van der Waals surface area contributed by atoms with Crippen molar-refractivity contribution in [2.24, 2.45) is 0 Å². The van der Waals surface area contributed by atoms with Crippen molar-refractivity contribution in [2.75, 3.05) is 4.90 Å². The molecule has 0 unspecified atom stereocenters. The Hall–Kier alpha value is -6.32. The smallest absolute Gasteiger partial charge is 0.0568 e. The zero-order chi connectivity index (χ0) is 30.9. The molecule has 0 aliphatic carbocycles. The molecule has 0 bridgehead atoms. The number of nitrogens with zero attached hydrogens (tertiary/aromatic N) is 3. The van der Waals surface area contributed by atoms with Gasteiger partial charge in [0, 0.05) is 50.8 Å². The van der Waals surface area contributed by atoms with Gasteiger partial charge >= 0.3 is 0 Å². The van der Waals surface area contributed by atoms with Crippen LogP contribution in [-0.4, -0.2) is 9.13 Å². The summed E-state index contributed by atoms with van der Waals surface area (Å²) in [5.41, 5.74) is 9.33. The molecular formula is C44H29N3. The summed E-state index contributed by atoms with van der Waals surface area (Å²) in [7, 11) is 0. The summed E-state index contributed by atoms with van der Waals surface area (Å²) in [5, 5.41) is 8.94. The van der Waals surface area contributed by atoms with Crippen molar-refractivity contribution in [3.05, 3.63) is 176 Å². The van der Waals surface area contributed by atoms with E-state index in [0.717, 1.165) is 28.4 Å². The van der Waals surface area contributed by atoms with Crippen LogP contribution >= 0.6 is 0 Å². The summed E-state index contributed by atoms with van der Waals surface area (Å²) < 4.78 is 4.75. The molecule has 47 heavy (non-hydrogen) atoms. The molecule has 2 heterocycles. The Morgan fingerprint density at radius 3 is 1.87 bits per heavy atom. The number of para-hydroxylation sites is 2. The molecule has 2 aromatic heterocycles. The molecule has 10 rings (SSSR count). The standard InChI is InChI=1S/C44H29N3/c1-3-13-33(14-4-1)45-27-26-38-39-25-19-31-12-9-17-40-43(31)44(39)42(29-41(38)45)47(40)36-23-21-35(22-24-36)46(34-15-5-2-6-16-34)37-20-18-30-10-7-8-11-32(30)28-37/h1-29H. The van der Waals surface area contributed by atoms with Crippen molar-refractivity contribution >= 4 is 71.3 Å². The highest BCUT2D eigenvalue weighted by Crippen LogP contribution is 2.43. The normalized spacial score (nSPS) is 11.8. The Kier molecular flexibility index (Phi) is 5.57. The third-order valence-corrected chi connectivity index (χ3v) is 9.66. The average molecular weight is 600 g/mol. The number of fused-ring (bicyclic) bond motifs is 3. The van der Waals surface area contributed by atoms with Crippen LogP contribution in [0.2, 0.25) is 0 Å². The van der Waals surface area contributed by atoms with Crippen molar-refractivity contribution in [2.45, 2.75) is 0 Å². The molecule has 0 saturated carbocycles. The number of hydrogen-bond acceptors (Lipinski definition) is 1. The van der Waals surface area contributed by atoms with Crippen LogP contribution in [0, 0.1) is 0 Å². The minimum Gasteiger partial charge on any atom is -0.316 e. The van der Waals surface area contributed by atoms with E-state index in [4.69, 9.17) is 0 Å². The lowest BCUT2D eigenvalue weighted by Gasteiger charge is -2.26. The fraction of sp³-hybridized carbons (Fsp3) is 0. The maximum Gasteiger partial charge on any atom is 0.0568 e. The second kappa shape index (κ2) is 10.1. The van der Waals surface area contributed by atoms with Gasteiger partial charge in [0.1, 0.15) is 0 Å². The number of rotatable bonds is 5. The second-order valence-electron chi connectivity index (χ2n) is 12.3. The van der Waals surface area contributed by atoms with Crippen LogP contribution in [0.25, 0.3) is 65.6 Å². The minimum absolute atomic E-state index is 1.11. The maximum absolute atomic E-state index is 2.44. The lowest BCUT2D eigenvalue weighted by atomic mass is 10.00. The molecule has 0 fully saturated rings. The van der Waals surface area contributed by atoms with E-state index in [2.05, 4.69) is 190 Å². The Morgan fingerprint density at radius 1 is 0.362 bits per heavy atom. The first kappa shape index (κ1) is 26.0. The summed E-state index contributed by atoms with van der Waals surface area (Å²) in [6.07, 6.45) is 2.20. The van der Waals surface area contributed by atoms with Crippen molar-refractivity contribution in [3.8, 4) is 11.4 Å². The minimum atomic E-state index is 1.11. The van der Waals surface area contributed by atoms with Gasteiger partial charge in [-0.05, 0) is 100 Å². The summed E-state index contributed by atoms with van der Waals surface area (Å²) in [5.74, 6) is 0. The molecule has 0 atom stereocenters. The monoisotopic (exact) mass is 599 g/mol. The van der Waals surface area contributed by atoms with E-state index < -0.39 is 0 Å². The molecule has 0 spiro atoms. The van der Waals surface area contributed by atoms with Crippen LogP contribution in [0.5, 0.6) is 0 Å². The number of anilines is 3. The lowest BCUT2D eigenvalue weighted by molar-refractivity contribution is 1.12. The zero-order valence-electron chi connectivity index (χ0n) is 25.6. The van der Waals surface area contributed by atoms with E-state index in [1.807, 2.05) is 0 Å². The van der Waals surface area contributed by atoms with Gasteiger partial charge in [0.05, 0.1) is 16.6 Å². The van der Waals surface area contributed by atoms with Gasteiger partial charge in [0.2, 0.25) is 0 Å². The SMILES string of the molecule is c1ccc(N(c2ccc(-n3c4cccc5ccc6c7ccn(-c8ccccc8)c7cc3c6c54)cc2)c2ccc3ccccc3c2)cc1. The Morgan fingerprint density at radius 2 is 1.04 bits per heavy atom. The van der Waals surface area contributed by atoms with E-state index in [-0.39, 0.29) is 0 Å². The first-order valence-electron chi connectivity index (χ1n) is 16.1. The van der Waals surface area contributed by atoms with Gasteiger partial charge in [0.15, 0.2) is 0 Å². The summed E-state index contributed by atoms with van der Waals surface area (Å²) in [6.45, 7) is 0. The van der Waals surface area contributed by atoms with E-state index >= 15 is 0 Å². The van der Waals surface area contributed by atoms with Crippen LogP contribution in [-0.2, 0) is 0 Å². The van der Waals surface area contributed by atoms with Crippen LogP contribution in [0.1, 0.15) is 0 Å². The van der Waals surface area contributed by atoms with Crippen molar-refractivity contribution in [1.82, 2.24) is 9.13 Å². The Balaban J connectivity index is 1.18. The van der Waals surface area contributed by atoms with E-state index in [9.17, 15) is 0 Å². The lowest BCUT2D eigenvalue weighted by Crippen LogP contribution is -2.10. The summed E-state index contributed by atoms with van der Waals surface area (Å²) in [6, 6.07) is 61.4. The molecule has 0 radical (unpaired) electrons. The molecule has 8 aromatic carbocycles. The Labute approximate surface area is 272 Å². The Bertz CT molecular complexity index is 2720. The summed E-state index contributed by atoms with van der Waals surface area (Å²) >= 11 is 0. The van der Waals surface area contributed by atoms with Gasteiger partial charge in [-0.2, -0.15) is 0 Å². The fourth-order valence-corrected chi connectivity index (χ4v) is 7.55. The van der Waals surface area contributed by atoms with Crippen molar-refractivity contribution in [1.29, 1.82) is 0 Å². The molecule has 3 nitrogen and oxygen atoms in total. The molecular weight excluding hydrogens is 571 g/mol.